The molecule has 0 aliphatic heterocycles. The molecule has 0 spiro atoms. The fourth-order valence-corrected chi connectivity index (χ4v) is 3.91. The van der Waals surface area contributed by atoms with E-state index in [1.54, 1.807) is 11.3 Å². The highest BCUT2D eigenvalue weighted by Gasteiger charge is 2.12. The lowest BCUT2D eigenvalue weighted by molar-refractivity contribution is 0.675. The van der Waals surface area contributed by atoms with Crippen molar-refractivity contribution >= 4 is 11.3 Å². The van der Waals surface area contributed by atoms with E-state index in [1.807, 2.05) is 6.07 Å². The number of nitrogens with zero attached hydrogens (tertiary/aromatic N) is 2. The van der Waals surface area contributed by atoms with Crippen LogP contribution in [0.25, 0.3) is 10.6 Å². The van der Waals surface area contributed by atoms with Crippen LogP contribution < -0.4 is 5.32 Å². The van der Waals surface area contributed by atoms with Gasteiger partial charge in [-0.3, -0.25) is 4.68 Å². The van der Waals surface area contributed by atoms with E-state index in [9.17, 15) is 0 Å². The molecule has 2 aromatic carbocycles. The monoisotopic (exact) mass is 373 g/mol. The number of thiophene rings is 1. The van der Waals surface area contributed by atoms with Crippen molar-refractivity contribution in [1.29, 1.82) is 0 Å². The first-order chi connectivity index (χ1) is 13.4. The largest absolute Gasteiger partial charge is 0.312 e. The molecule has 4 heteroatoms. The number of hydrogen-bond acceptors (Lipinski definition) is 3. The zero-order chi connectivity index (χ0) is 18.3. The van der Waals surface area contributed by atoms with Gasteiger partial charge in [-0.05, 0) is 35.5 Å². The third-order valence-corrected chi connectivity index (χ3v) is 5.40. The summed E-state index contributed by atoms with van der Waals surface area (Å²) >= 11 is 1.74. The number of rotatable bonds is 8. The van der Waals surface area contributed by atoms with Crippen LogP contribution in [-0.4, -0.2) is 16.3 Å². The molecule has 0 fully saturated rings. The molecule has 0 saturated carbocycles. The fourth-order valence-electron chi connectivity index (χ4n) is 3.16. The minimum Gasteiger partial charge on any atom is -0.312 e. The van der Waals surface area contributed by atoms with Crippen molar-refractivity contribution in [2.24, 2.45) is 0 Å². The van der Waals surface area contributed by atoms with Crippen LogP contribution in [0.3, 0.4) is 0 Å². The first kappa shape index (κ1) is 17.7. The Balaban J connectivity index is 1.45. The smallest absolute Gasteiger partial charge is 0.107 e. The second kappa shape index (κ2) is 8.80. The summed E-state index contributed by atoms with van der Waals surface area (Å²) in [6.07, 6.45) is 3.21. The average molecular weight is 374 g/mol. The summed E-state index contributed by atoms with van der Waals surface area (Å²) in [7, 11) is 0. The Bertz CT molecular complexity index is 944. The maximum absolute atomic E-state index is 4.87. The normalized spacial score (nSPS) is 11.0. The summed E-state index contributed by atoms with van der Waals surface area (Å²) in [5.74, 6) is 0. The molecule has 0 amide bonds. The van der Waals surface area contributed by atoms with E-state index in [0.717, 1.165) is 31.7 Å². The van der Waals surface area contributed by atoms with Gasteiger partial charge in [0.15, 0.2) is 0 Å². The van der Waals surface area contributed by atoms with Crippen LogP contribution in [-0.2, 0) is 19.5 Å². The first-order valence-electron chi connectivity index (χ1n) is 9.27. The highest BCUT2D eigenvalue weighted by atomic mass is 32.1. The lowest BCUT2D eigenvalue weighted by Gasteiger charge is -2.05. The SMILES string of the molecule is c1ccc(CCNCc2cn(Cc3ccccc3)nc2-c2cccs2)cc1. The maximum Gasteiger partial charge on any atom is 0.107 e. The van der Waals surface area contributed by atoms with Gasteiger partial charge in [-0.15, -0.1) is 11.3 Å². The highest BCUT2D eigenvalue weighted by Crippen LogP contribution is 2.27. The lowest BCUT2D eigenvalue weighted by atomic mass is 10.1. The van der Waals surface area contributed by atoms with Crippen LogP contribution in [0.15, 0.2) is 84.4 Å². The molecule has 0 saturated heterocycles. The van der Waals surface area contributed by atoms with Gasteiger partial charge in [0.25, 0.3) is 0 Å². The zero-order valence-electron chi connectivity index (χ0n) is 15.2. The fraction of sp³-hybridized carbons (Fsp3) is 0.174. The average Bonchev–Trinajstić information content (AvgIpc) is 3.37. The van der Waals surface area contributed by atoms with Gasteiger partial charge < -0.3 is 5.32 Å². The van der Waals surface area contributed by atoms with E-state index < -0.39 is 0 Å². The Morgan fingerprint density at radius 2 is 1.59 bits per heavy atom. The topological polar surface area (TPSA) is 29.9 Å². The molecule has 0 radical (unpaired) electrons. The van der Waals surface area contributed by atoms with Crippen molar-refractivity contribution in [2.45, 2.75) is 19.5 Å². The van der Waals surface area contributed by atoms with E-state index in [0.29, 0.717) is 0 Å². The zero-order valence-corrected chi connectivity index (χ0v) is 16.0. The van der Waals surface area contributed by atoms with Crippen LogP contribution in [0, 0.1) is 0 Å². The van der Waals surface area contributed by atoms with Crippen LogP contribution in [0.5, 0.6) is 0 Å². The molecule has 2 heterocycles. The molecule has 0 unspecified atom stereocenters. The molecule has 0 aliphatic rings. The summed E-state index contributed by atoms with van der Waals surface area (Å²) < 4.78 is 2.05. The summed E-state index contributed by atoms with van der Waals surface area (Å²) in [6, 6.07) is 25.3. The second-order valence-corrected chi connectivity index (χ2v) is 7.52. The molecule has 0 aliphatic carbocycles. The molecule has 2 aromatic heterocycles. The molecule has 0 atom stereocenters. The van der Waals surface area contributed by atoms with E-state index in [1.165, 1.54) is 21.6 Å². The minimum absolute atomic E-state index is 0.795. The van der Waals surface area contributed by atoms with Crippen molar-refractivity contribution in [3.63, 3.8) is 0 Å². The lowest BCUT2D eigenvalue weighted by Crippen LogP contribution is -2.16. The van der Waals surface area contributed by atoms with Gasteiger partial charge in [-0.2, -0.15) is 5.10 Å². The van der Waals surface area contributed by atoms with Gasteiger partial charge in [-0.25, -0.2) is 0 Å². The van der Waals surface area contributed by atoms with E-state index in [2.05, 4.69) is 88.3 Å². The summed E-state index contributed by atoms with van der Waals surface area (Å²) in [6.45, 7) is 2.58. The van der Waals surface area contributed by atoms with Gasteiger partial charge in [0, 0.05) is 18.3 Å². The molecular weight excluding hydrogens is 350 g/mol. The molecule has 136 valence electrons. The molecule has 0 bridgehead atoms. The van der Waals surface area contributed by atoms with Crippen molar-refractivity contribution in [1.82, 2.24) is 15.1 Å². The number of aromatic nitrogens is 2. The summed E-state index contributed by atoms with van der Waals surface area (Å²) in [4.78, 5) is 1.22. The third-order valence-electron chi connectivity index (χ3n) is 4.53. The number of hydrogen-bond donors (Lipinski definition) is 1. The van der Waals surface area contributed by atoms with Gasteiger partial charge in [0.05, 0.1) is 11.4 Å². The number of nitrogens with one attached hydrogen (secondary N) is 1. The molecule has 1 N–H and O–H groups in total. The quantitative estimate of drug-likeness (QED) is 0.441. The second-order valence-electron chi connectivity index (χ2n) is 6.58. The summed E-state index contributed by atoms with van der Waals surface area (Å²) in [5, 5.41) is 10.6. The van der Waals surface area contributed by atoms with Crippen molar-refractivity contribution in [3.05, 3.63) is 101 Å². The van der Waals surface area contributed by atoms with E-state index >= 15 is 0 Å². The molecule has 4 rings (SSSR count). The Labute approximate surface area is 164 Å². The van der Waals surface area contributed by atoms with Crippen LogP contribution in [0.2, 0.25) is 0 Å². The van der Waals surface area contributed by atoms with Gasteiger partial charge in [0.1, 0.15) is 5.69 Å². The number of benzene rings is 2. The minimum atomic E-state index is 0.795. The van der Waals surface area contributed by atoms with Crippen molar-refractivity contribution in [3.8, 4) is 10.6 Å². The standard InChI is InChI=1S/C23H23N3S/c1-3-8-19(9-4-1)13-14-24-16-21-18-26(17-20-10-5-2-6-11-20)25-23(21)22-12-7-15-27-22/h1-12,15,18,24H,13-14,16-17H2. The predicted octanol–water partition coefficient (Wildman–Crippen LogP) is 4.99. The van der Waals surface area contributed by atoms with Crippen molar-refractivity contribution in [2.75, 3.05) is 6.54 Å². The van der Waals surface area contributed by atoms with Gasteiger partial charge in [-0.1, -0.05) is 66.7 Å². The van der Waals surface area contributed by atoms with E-state index in [-0.39, 0.29) is 0 Å². The highest BCUT2D eigenvalue weighted by molar-refractivity contribution is 7.13. The third kappa shape index (κ3) is 4.73. The van der Waals surface area contributed by atoms with E-state index in [4.69, 9.17) is 5.10 Å². The van der Waals surface area contributed by atoms with Gasteiger partial charge in [0.2, 0.25) is 0 Å². The molecule has 3 nitrogen and oxygen atoms in total. The molecule has 4 aromatic rings. The maximum atomic E-state index is 4.87. The molecule has 27 heavy (non-hydrogen) atoms. The molecular formula is C23H23N3S. The Kier molecular flexibility index (Phi) is 5.77. The van der Waals surface area contributed by atoms with Gasteiger partial charge >= 0.3 is 0 Å². The van der Waals surface area contributed by atoms with Crippen LogP contribution in [0.4, 0.5) is 0 Å². The first-order valence-corrected chi connectivity index (χ1v) is 10.2. The Morgan fingerprint density at radius 3 is 2.30 bits per heavy atom. The van der Waals surface area contributed by atoms with Crippen LogP contribution in [0.1, 0.15) is 16.7 Å². The Hall–Kier alpha value is -2.69. The van der Waals surface area contributed by atoms with Crippen molar-refractivity contribution < 1.29 is 0 Å². The Morgan fingerprint density at radius 1 is 0.852 bits per heavy atom. The predicted molar refractivity (Wildman–Crippen MR) is 113 cm³/mol. The van der Waals surface area contributed by atoms with Crippen LogP contribution >= 0.6 is 11.3 Å². The summed E-state index contributed by atoms with van der Waals surface area (Å²) in [5.41, 5.74) is 4.97.